The van der Waals surface area contributed by atoms with Crippen molar-refractivity contribution in [3.8, 4) is 0 Å². The maximum atomic E-state index is 11.4. The minimum absolute atomic E-state index is 0.193. The molecule has 1 heterocycles. The number of carbonyl (C=O) groups excluding carboxylic acids is 1. The van der Waals surface area contributed by atoms with Crippen molar-refractivity contribution in [2.24, 2.45) is 0 Å². The van der Waals surface area contributed by atoms with Gasteiger partial charge in [-0.25, -0.2) is 14.8 Å². The molecule has 0 spiro atoms. The second kappa shape index (κ2) is 5.67. The summed E-state index contributed by atoms with van der Waals surface area (Å²) in [5.74, 6) is -0.199. The summed E-state index contributed by atoms with van der Waals surface area (Å²) in [4.78, 5) is 19.4. The lowest BCUT2D eigenvalue weighted by Gasteiger charge is -2.07. The highest BCUT2D eigenvalue weighted by molar-refractivity contribution is 6.31. The lowest BCUT2D eigenvalue weighted by atomic mass is 10.2. The minimum atomic E-state index is -0.507. The van der Waals surface area contributed by atoms with E-state index in [0.29, 0.717) is 11.0 Å². The summed E-state index contributed by atoms with van der Waals surface area (Å²) in [5.41, 5.74) is 1.92. The first-order chi connectivity index (χ1) is 9.10. The molecule has 0 amide bonds. The van der Waals surface area contributed by atoms with Crippen LogP contribution in [0.3, 0.4) is 0 Å². The molecule has 0 bridgehead atoms. The lowest BCUT2D eigenvalue weighted by molar-refractivity contribution is 0.0594. The Hall–Kier alpha value is -2.14. The highest BCUT2D eigenvalue weighted by Gasteiger charge is 2.08. The topological polar surface area (TPSA) is 64.1 Å². The number of ether oxygens (including phenoxy) is 1. The number of carbonyl (C=O) groups is 1. The summed E-state index contributed by atoms with van der Waals surface area (Å²) in [6.07, 6.45) is 1.48. The zero-order valence-electron chi connectivity index (χ0n) is 10.5. The number of hydrogen-bond donors (Lipinski definition) is 1. The first-order valence-electron chi connectivity index (χ1n) is 5.54. The average Bonchev–Trinajstić information content (AvgIpc) is 2.42. The number of nitrogens with one attached hydrogen (secondary N) is 1. The summed E-state index contributed by atoms with van der Waals surface area (Å²) in [6.45, 7) is 1.92. The van der Waals surface area contributed by atoms with Gasteiger partial charge in [0.2, 0.25) is 5.95 Å². The number of halogens is 1. The molecule has 0 atom stereocenters. The van der Waals surface area contributed by atoms with E-state index in [1.54, 1.807) is 6.07 Å². The molecule has 1 aromatic heterocycles. The monoisotopic (exact) mass is 277 g/mol. The van der Waals surface area contributed by atoms with Gasteiger partial charge in [-0.3, -0.25) is 0 Å². The fourth-order valence-corrected chi connectivity index (χ4v) is 1.62. The number of methoxy groups -OCH3 is 1. The number of nitrogens with zero attached hydrogens (tertiary/aromatic N) is 2. The van der Waals surface area contributed by atoms with E-state index < -0.39 is 5.97 Å². The molecule has 0 saturated heterocycles. The van der Waals surface area contributed by atoms with Gasteiger partial charge in [0, 0.05) is 16.9 Å². The van der Waals surface area contributed by atoms with Crippen LogP contribution in [-0.2, 0) is 4.74 Å². The van der Waals surface area contributed by atoms with Gasteiger partial charge in [0.25, 0.3) is 0 Å². The van der Waals surface area contributed by atoms with Crippen LogP contribution in [0.25, 0.3) is 0 Å². The molecule has 0 fully saturated rings. The van der Waals surface area contributed by atoms with E-state index in [1.165, 1.54) is 19.4 Å². The molecule has 5 nitrogen and oxygen atoms in total. The van der Waals surface area contributed by atoms with Crippen LogP contribution in [0.15, 0.2) is 30.5 Å². The number of hydrogen-bond acceptors (Lipinski definition) is 5. The molecule has 98 valence electrons. The first-order valence-corrected chi connectivity index (χ1v) is 5.92. The van der Waals surface area contributed by atoms with Gasteiger partial charge >= 0.3 is 5.97 Å². The van der Waals surface area contributed by atoms with E-state index in [9.17, 15) is 4.79 Å². The molecule has 2 aromatic rings. The van der Waals surface area contributed by atoms with Gasteiger partial charge in [-0.15, -0.1) is 0 Å². The summed E-state index contributed by atoms with van der Waals surface area (Å²) < 4.78 is 4.60. The van der Waals surface area contributed by atoms with Crippen molar-refractivity contribution >= 4 is 29.2 Å². The van der Waals surface area contributed by atoms with Crippen molar-refractivity contribution in [3.05, 3.63) is 46.7 Å². The summed E-state index contributed by atoms with van der Waals surface area (Å²) >= 11 is 6.03. The van der Waals surface area contributed by atoms with Crippen molar-refractivity contribution in [3.63, 3.8) is 0 Å². The van der Waals surface area contributed by atoms with Gasteiger partial charge in [0.15, 0.2) is 5.69 Å². The van der Waals surface area contributed by atoms with Crippen LogP contribution >= 0.6 is 11.6 Å². The minimum Gasteiger partial charge on any atom is -0.464 e. The average molecular weight is 278 g/mol. The highest BCUT2D eigenvalue weighted by Crippen LogP contribution is 2.21. The quantitative estimate of drug-likeness (QED) is 0.874. The SMILES string of the molecule is COC(=O)c1ccnc(Nc2ccc(C)c(Cl)c2)n1. The van der Waals surface area contributed by atoms with Gasteiger partial charge in [0.1, 0.15) is 0 Å². The molecule has 0 saturated carbocycles. The molecule has 6 heteroatoms. The van der Waals surface area contributed by atoms with Gasteiger partial charge in [-0.05, 0) is 30.7 Å². The third-order valence-corrected chi connectivity index (χ3v) is 2.89. The summed E-state index contributed by atoms with van der Waals surface area (Å²) in [7, 11) is 1.30. The molecular formula is C13H12ClN3O2. The Balaban J connectivity index is 2.23. The zero-order chi connectivity index (χ0) is 13.8. The van der Waals surface area contributed by atoms with Crippen LogP contribution in [0.1, 0.15) is 16.1 Å². The molecular weight excluding hydrogens is 266 g/mol. The lowest BCUT2D eigenvalue weighted by Crippen LogP contribution is -2.07. The standard InChI is InChI=1S/C13H12ClN3O2/c1-8-3-4-9(7-10(8)14)16-13-15-6-5-11(17-13)12(18)19-2/h3-7H,1-2H3,(H,15,16,17). The van der Waals surface area contributed by atoms with Crippen molar-refractivity contribution in [2.45, 2.75) is 6.92 Å². The highest BCUT2D eigenvalue weighted by atomic mass is 35.5. The Morgan fingerprint density at radius 3 is 2.84 bits per heavy atom. The third-order valence-electron chi connectivity index (χ3n) is 2.48. The molecule has 1 N–H and O–H groups in total. The number of aromatic nitrogens is 2. The van der Waals surface area contributed by atoms with Crippen molar-refractivity contribution < 1.29 is 9.53 Å². The Bertz CT molecular complexity index is 617. The number of rotatable bonds is 3. The van der Waals surface area contributed by atoms with E-state index in [1.807, 2.05) is 19.1 Å². The molecule has 0 aliphatic rings. The van der Waals surface area contributed by atoms with Crippen LogP contribution in [0, 0.1) is 6.92 Å². The van der Waals surface area contributed by atoms with E-state index in [2.05, 4.69) is 20.0 Å². The van der Waals surface area contributed by atoms with Crippen LogP contribution in [0.2, 0.25) is 5.02 Å². The largest absolute Gasteiger partial charge is 0.464 e. The van der Waals surface area contributed by atoms with Crippen LogP contribution in [0.5, 0.6) is 0 Å². The maximum absolute atomic E-state index is 11.4. The fraction of sp³-hybridized carbons (Fsp3) is 0.154. The molecule has 0 aliphatic carbocycles. The predicted molar refractivity (Wildman–Crippen MR) is 72.8 cm³/mol. The Morgan fingerprint density at radius 2 is 2.16 bits per heavy atom. The fourth-order valence-electron chi connectivity index (χ4n) is 1.44. The van der Waals surface area contributed by atoms with Crippen LogP contribution in [-0.4, -0.2) is 23.0 Å². The number of aryl methyl sites for hydroxylation is 1. The normalized spacial score (nSPS) is 10.1. The second-order valence-corrected chi connectivity index (χ2v) is 4.25. The van der Waals surface area contributed by atoms with Gasteiger partial charge < -0.3 is 10.1 Å². The van der Waals surface area contributed by atoms with Gasteiger partial charge in [-0.2, -0.15) is 0 Å². The number of esters is 1. The van der Waals surface area contributed by atoms with E-state index >= 15 is 0 Å². The van der Waals surface area contributed by atoms with Crippen molar-refractivity contribution in [1.82, 2.24) is 9.97 Å². The number of anilines is 2. The third kappa shape index (κ3) is 3.20. The number of benzene rings is 1. The molecule has 0 radical (unpaired) electrons. The predicted octanol–water partition coefficient (Wildman–Crippen LogP) is 2.97. The van der Waals surface area contributed by atoms with Crippen LogP contribution < -0.4 is 5.32 Å². The van der Waals surface area contributed by atoms with Crippen molar-refractivity contribution in [1.29, 1.82) is 0 Å². The Morgan fingerprint density at radius 1 is 1.37 bits per heavy atom. The van der Waals surface area contributed by atoms with E-state index in [4.69, 9.17) is 11.6 Å². The Labute approximate surface area is 115 Å². The molecule has 0 unspecified atom stereocenters. The Kier molecular flexibility index (Phi) is 3.97. The van der Waals surface area contributed by atoms with Crippen molar-refractivity contribution in [2.75, 3.05) is 12.4 Å². The molecule has 19 heavy (non-hydrogen) atoms. The second-order valence-electron chi connectivity index (χ2n) is 3.85. The molecule has 2 rings (SSSR count). The van der Waals surface area contributed by atoms with E-state index in [0.717, 1.165) is 11.3 Å². The van der Waals surface area contributed by atoms with Gasteiger partial charge in [-0.1, -0.05) is 17.7 Å². The zero-order valence-corrected chi connectivity index (χ0v) is 11.2. The smallest absolute Gasteiger partial charge is 0.356 e. The molecule has 0 aliphatic heterocycles. The summed E-state index contributed by atoms with van der Waals surface area (Å²) in [6, 6.07) is 6.99. The molecule has 1 aromatic carbocycles. The van der Waals surface area contributed by atoms with Crippen LogP contribution in [0.4, 0.5) is 11.6 Å². The first kappa shape index (κ1) is 13.3. The van der Waals surface area contributed by atoms with Gasteiger partial charge in [0.05, 0.1) is 7.11 Å². The maximum Gasteiger partial charge on any atom is 0.356 e. The summed E-state index contributed by atoms with van der Waals surface area (Å²) in [5, 5.41) is 3.62. The van der Waals surface area contributed by atoms with E-state index in [-0.39, 0.29) is 5.69 Å².